The number of carbonyl (C=O) groups is 1. The first-order valence-corrected chi connectivity index (χ1v) is 7.30. The van der Waals surface area contributed by atoms with Gasteiger partial charge in [-0.05, 0) is 24.1 Å². The number of aromatic nitrogens is 1. The van der Waals surface area contributed by atoms with Crippen molar-refractivity contribution in [2.24, 2.45) is 0 Å². The monoisotopic (exact) mass is 301 g/mol. The minimum absolute atomic E-state index is 0.150. The Morgan fingerprint density at radius 2 is 2.41 bits per heavy atom. The number of rotatable bonds is 5. The van der Waals surface area contributed by atoms with Crippen LogP contribution in [0.15, 0.2) is 41.1 Å². The van der Waals surface area contributed by atoms with Crippen LogP contribution in [-0.2, 0) is 6.54 Å². The Balaban J connectivity index is 1.50. The number of likely N-dealkylation sites (tertiary alicyclic amines) is 1. The normalized spacial score (nSPS) is 18.3. The van der Waals surface area contributed by atoms with Gasteiger partial charge in [0.1, 0.15) is 0 Å². The van der Waals surface area contributed by atoms with Crippen LogP contribution in [-0.4, -0.2) is 42.0 Å². The summed E-state index contributed by atoms with van der Waals surface area (Å²) in [6, 6.07) is 7.42. The van der Waals surface area contributed by atoms with E-state index in [0.717, 1.165) is 31.6 Å². The molecule has 1 aliphatic rings. The molecule has 3 rings (SSSR count). The average molecular weight is 301 g/mol. The van der Waals surface area contributed by atoms with Gasteiger partial charge in [-0.2, -0.15) is 0 Å². The van der Waals surface area contributed by atoms with Gasteiger partial charge in [0, 0.05) is 37.9 Å². The maximum absolute atomic E-state index is 12.0. The minimum Gasteiger partial charge on any atom is -0.481 e. The van der Waals surface area contributed by atoms with Crippen molar-refractivity contribution in [3.8, 4) is 5.88 Å². The molecule has 2 aromatic rings. The van der Waals surface area contributed by atoms with Gasteiger partial charge in [0.15, 0.2) is 5.76 Å². The summed E-state index contributed by atoms with van der Waals surface area (Å²) in [4.78, 5) is 18.5. The van der Waals surface area contributed by atoms with E-state index < -0.39 is 0 Å². The molecule has 0 saturated carbocycles. The Labute approximate surface area is 129 Å². The standard InChI is InChI=1S/C16H19N3O3/c1-21-15-5-4-12(9-17-15)10-19-7-6-13(11-19)18-16(20)14-3-2-8-22-14/h2-5,8-9,13H,6-7,10-11H2,1H3,(H,18,20). The Morgan fingerprint density at radius 1 is 1.50 bits per heavy atom. The van der Waals surface area contributed by atoms with Crippen molar-refractivity contribution in [2.75, 3.05) is 20.2 Å². The third-order valence-electron chi connectivity index (χ3n) is 3.77. The largest absolute Gasteiger partial charge is 0.481 e. The molecule has 1 atom stereocenters. The molecule has 22 heavy (non-hydrogen) atoms. The highest BCUT2D eigenvalue weighted by molar-refractivity contribution is 5.91. The first-order chi connectivity index (χ1) is 10.7. The fraction of sp³-hybridized carbons (Fsp3) is 0.375. The molecule has 1 aliphatic heterocycles. The Kier molecular flexibility index (Phi) is 4.39. The number of carbonyl (C=O) groups excluding carboxylic acids is 1. The van der Waals surface area contributed by atoms with Crippen molar-refractivity contribution in [3.63, 3.8) is 0 Å². The lowest BCUT2D eigenvalue weighted by atomic mass is 10.2. The van der Waals surface area contributed by atoms with Crippen molar-refractivity contribution in [1.29, 1.82) is 0 Å². The lowest BCUT2D eigenvalue weighted by molar-refractivity contribution is 0.0909. The van der Waals surface area contributed by atoms with Crippen molar-refractivity contribution in [1.82, 2.24) is 15.2 Å². The molecule has 6 nitrogen and oxygen atoms in total. The molecule has 116 valence electrons. The molecule has 1 N–H and O–H groups in total. The predicted molar refractivity (Wildman–Crippen MR) is 80.6 cm³/mol. The van der Waals surface area contributed by atoms with Crippen molar-refractivity contribution < 1.29 is 13.9 Å². The molecule has 0 aromatic carbocycles. The number of hydrogen-bond acceptors (Lipinski definition) is 5. The van der Waals surface area contributed by atoms with Crippen LogP contribution in [0.1, 0.15) is 22.5 Å². The second-order valence-corrected chi connectivity index (χ2v) is 5.38. The van der Waals surface area contributed by atoms with Crippen molar-refractivity contribution in [2.45, 2.75) is 19.0 Å². The van der Waals surface area contributed by atoms with Gasteiger partial charge in [0.25, 0.3) is 5.91 Å². The second kappa shape index (κ2) is 6.62. The van der Waals surface area contributed by atoms with E-state index in [4.69, 9.17) is 9.15 Å². The number of nitrogens with one attached hydrogen (secondary N) is 1. The summed E-state index contributed by atoms with van der Waals surface area (Å²) >= 11 is 0. The van der Waals surface area contributed by atoms with Crippen LogP contribution in [0.5, 0.6) is 5.88 Å². The zero-order chi connectivity index (χ0) is 15.4. The van der Waals surface area contributed by atoms with Gasteiger partial charge in [0.05, 0.1) is 13.4 Å². The maximum Gasteiger partial charge on any atom is 0.287 e. The Bertz CT molecular complexity index is 610. The number of nitrogens with zero attached hydrogens (tertiary/aromatic N) is 2. The molecule has 0 radical (unpaired) electrons. The third-order valence-corrected chi connectivity index (χ3v) is 3.77. The van der Waals surface area contributed by atoms with Crippen LogP contribution in [0.3, 0.4) is 0 Å². The number of amides is 1. The average Bonchev–Trinajstić information content (AvgIpc) is 3.20. The highest BCUT2D eigenvalue weighted by atomic mass is 16.5. The summed E-state index contributed by atoms with van der Waals surface area (Å²) in [5.74, 6) is 0.828. The van der Waals surface area contributed by atoms with Gasteiger partial charge in [-0.25, -0.2) is 4.98 Å². The molecule has 0 bridgehead atoms. The van der Waals surface area contributed by atoms with Gasteiger partial charge >= 0.3 is 0 Å². The molecular weight excluding hydrogens is 282 g/mol. The molecule has 1 unspecified atom stereocenters. The van der Waals surface area contributed by atoms with Crippen LogP contribution in [0, 0.1) is 0 Å². The summed E-state index contributed by atoms with van der Waals surface area (Å²) < 4.78 is 10.2. The van der Waals surface area contributed by atoms with Crippen LogP contribution in [0.25, 0.3) is 0 Å². The number of methoxy groups -OCH3 is 1. The quantitative estimate of drug-likeness (QED) is 0.910. The summed E-state index contributed by atoms with van der Waals surface area (Å²) in [6.07, 6.45) is 4.27. The second-order valence-electron chi connectivity index (χ2n) is 5.38. The third kappa shape index (κ3) is 3.46. The highest BCUT2D eigenvalue weighted by Crippen LogP contribution is 2.15. The fourth-order valence-corrected chi connectivity index (χ4v) is 2.64. The van der Waals surface area contributed by atoms with Gasteiger partial charge in [-0.1, -0.05) is 6.07 Å². The topological polar surface area (TPSA) is 67.6 Å². The smallest absolute Gasteiger partial charge is 0.287 e. The van der Waals surface area contributed by atoms with Crippen molar-refractivity contribution in [3.05, 3.63) is 48.0 Å². The molecule has 2 aromatic heterocycles. The van der Waals surface area contributed by atoms with Gasteiger partial charge in [-0.15, -0.1) is 0 Å². The number of hydrogen-bond donors (Lipinski definition) is 1. The van der Waals surface area contributed by atoms with Crippen molar-refractivity contribution >= 4 is 5.91 Å². The minimum atomic E-state index is -0.150. The summed E-state index contributed by atoms with van der Waals surface area (Å²) in [7, 11) is 1.61. The number of furan rings is 1. The molecular formula is C16H19N3O3. The van der Waals surface area contributed by atoms with E-state index in [9.17, 15) is 4.79 Å². The molecule has 3 heterocycles. The van der Waals surface area contributed by atoms with E-state index in [0.29, 0.717) is 11.6 Å². The summed E-state index contributed by atoms with van der Waals surface area (Å²) in [5, 5.41) is 3.01. The highest BCUT2D eigenvalue weighted by Gasteiger charge is 2.24. The van der Waals surface area contributed by atoms with Crippen LogP contribution < -0.4 is 10.1 Å². The zero-order valence-electron chi connectivity index (χ0n) is 12.5. The van der Waals surface area contributed by atoms with Crippen LogP contribution >= 0.6 is 0 Å². The Hall–Kier alpha value is -2.34. The van der Waals surface area contributed by atoms with Crippen LogP contribution in [0.4, 0.5) is 0 Å². The summed E-state index contributed by atoms with van der Waals surface area (Å²) in [5.41, 5.74) is 1.14. The zero-order valence-corrected chi connectivity index (χ0v) is 12.5. The summed E-state index contributed by atoms with van der Waals surface area (Å²) in [6.45, 7) is 2.61. The Morgan fingerprint density at radius 3 is 3.09 bits per heavy atom. The number of pyridine rings is 1. The van der Waals surface area contributed by atoms with E-state index in [1.54, 1.807) is 19.2 Å². The van der Waals surface area contributed by atoms with Crippen LogP contribution in [0.2, 0.25) is 0 Å². The predicted octanol–water partition coefficient (Wildman–Crippen LogP) is 1.69. The van der Waals surface area contributed by atoms with Gasteiger partial charge < -0.3 is 14.5 Å². The van der Waals surface area contributed by atoms with Gasteiger partial charge in [-0.3, -0.25) is 9.69 Å². The van der Waals surface area contributed by atoms with E-state index in [-0.39, 0.29) is 11.9 Å². The molecule has 1 saturated heterocycles. The molecule has 6 heteroatoms. The maximum atomic E-state index is 12.0. The first kappa shape index (κ1) is 14.6. The van der Waals surface area contributed by atoms with E-state index in [1.165, 1.54) is 6.26 Å². The molecule has 0 aliphatic carbocycles. The molecule has 1 fully saturated rings. The SMILES string of the molecule is COc1ccc(CN2CCC(NC(=O)c3ccco3)C2)cn1. The fourth-order valence-electron chi connectivity index (χ4n) is 2.64. The van der Waals surface area contributed by atoms with E-state index >= 15 is 0 Å². The first-order valence-electron chi connectivity index (χ1n) is 7.30. The van der Waals surface area contributed by atoms with E-state index in [2.05, 4.69) is 15.2 Å². The lowest BCUT2D eigenvalue weighted by Crippen LogP contribution is -2.36. The molecule has 0 spiro atoms. The number of ether oxygens (including phenoxy) is 1. The van der Waals surface area contributed by atoms with E-state index in [1.807, 2.05) is 18.3 Å². The molecule has 1 amide bonds. The lowest BCUT2D eigenvalue weighted by Gasteiger charge is -2.16. The van der Waals surface area contributed by atoms with Gasteiger partial charge in [0.2, 0.25) is 5.88 Å².